The summed E-state index contributed by atoms with van der Waals surface area (Å²) in [6.45, 7) is 4.10. The Morgan fingerprint density at radius 2 is 2.07 bits per heavy atom. The molecule has 88 valence electrons. The molecule has 3 N–H and O–H groups in total. The lowest BCUT2D eigenvalue weighted by Gasteiger charge is -2.34. The zero-order chi connectivity index (χ0) is 11.5. The summed E-state index contributed by atoms with van der Waals surface area (Å²) < 4.78 is 5.21. The summed E-state index contributed by atoms with van der Waals surface area (Å²) >= 11 is 0. The Balaban J connectivity index is 2.33. The second kappa shape index (κ2) is 4.94. The summed E-state index contributed by atoms with van der Waals surface area (Å²) in [5.41, 5.74) is 5.73. The third-order valence-corrected chi connectivity index (χ3v) is 3.07. The van der Waals surface area contributed by atoms with Crippen molar-refractivity contribution in [3.8, 4) is 0 Å². The standard InChI is InChI=1S/C11H21NO3/c1-11(2)5-3-8(4-6-11)15-10(14)9(12)7-13/h8-9,13H,3-7,12H2,1-2H3/t9-/m1/s1. The van der Waals surface area contributed by atoms with Crippen LogP contribution in [0.5, 0.6) is 0 Å². The number of carbonyl (C=O) groups excluding carboxylic acids is 1. The summed E-state index contributed by atoms with van der Waals surface area (Å²) in [4.78, 5) is 11.3. The van der Waals surface area contributed by atoms with Crippen LogP contribution in [0.25, 0.3) is 0 Å². The quantitative estimate of drug-likeness (QED) is 0.684. The third-order valence-electron chi connectivity index (χ3n) is 3.07. The van der Waals surface area contributed by atoms with E-state index in [0.717, 1.165) is 25.7 Å². The average molecular weight is 215 g/mol. The number of carbonyl (C=O) groups is 1. The van der Waals surface area contributed by atoms with Crippen molar-refractivity contribution in [2.45, 2.75) is 51.7 Å². The van der Waals surface area contributed by atoms with Crippen molar-refractivity contribution in [1.29, 1.82) is 0 Å². The Kier molecular flexibility index (Phi) is 4.11. The number of rotatable bonds is 3. The molecular formula is C11H21NO3. The molecule has 0 spiro atoms. The monoisotopic (exact) mass is 215 g/mol. The first-order valence-electron chi connectivity index (χ1n) is 5.51. The van der Waals surface area contributed by atoms with Gasteiger partial charge in [0.1, 0.15) is 12.1 Å². The van der Waals surface area contributed by atoms with E-state index in [0.29, 0.717) is 5.41 Å². The topological polar surface area (TPSA) is 72.5 Å². The van der Waals surface area contributed by atoms with Crippen LogP contribution >= 0.6 is 0 Å². The largest absolute Gasteiger partial charge is 0.461 e. The van der Waals surface area contributed by atoms with E-state index in [9.17, 15) is 4.79 Å². The van der Waals surface area contributed by atoms with Gasteiger partial charge >= 0.3 is 5.97 Å². The van der Waals surface area contributed by atoms with E-state index in [1.54, 1.807) is 0 Å². The maximum Gasteiger partial charge on any atom is 0.325 e. The highest BCUT2D eigenvalue weighted by Gasteiger charge is 2.29. The van der Waals surface area contributed by atoms with Gasteiger partial charge in [-0.15, -0.1) is 0 Å². The van der Waals surface area contributed by atoms with Crippen LogP contribution in [0.1, 0.15) is 39.5 Å². The lowest BCUT2D eigenvalue weighted by Crippen LogP contribution is -2.39. The smallest absolute Gasteiger partial charge is 0.325 e. The van der Waals surface area contributed by atoms with Crippen LogP contribution in [0, 0.1) is 5.41 Å². The number of esters is 1. The molecular weight excluding hydrogens is 194 g/mol. The zero-order valence-corrected chi connectivity index (χ0v) is 9.53. The first-order valence-corrected chi connectivity index (χ1v) is 5.51. The second-order valence-corrected chi connectivity index (χ2v) is 5.09. The van der Waals surface area contributed by atoms with Gasteiger partial charge in [-0.3, -0.25) is 4.79 Å². The van der Waals surface area contributed by atoms with Gasteiger partial charge in [-0.1, -0.05) is 13.8 Å². The van der Waals surface area contributed by atoms with Crippen LogP contribution in [-0.2, 0) is 9.53 Å². The van der Waals surface area contributed by atoms with Crippen LogP contribution in [0.4, 0.5) is 0 Å². The molecule has 15 heavy (non-hydrogen) atoms. The molecule has 1 rings (SSSR count). The van der Waals surface area contributed by atoms with Gasteiger partial charge in [0.05, 0.1) is 6.61 Å². The molecule has 0 heterocycles. The SMILES string of the molecule is CC1(C)CCC(OC(=O)[C@H](N)CO)CC1. The van der Waals surface area contributed by atoms with E-state index in [1.807, 2.05) is 0 Å². The summed E-state index contributed by atoms with van der Waals surface area (Å²) in [6.07, 6.45) is 3.93. The molecule has 0 unspecified atom stereocenters. The lowest BCUT2D eigenvalue weighted by atomic mass is 9.76. The van der Waals surface area contributed by atoms with Gasteiger partial charge in [-0.25, -0.2) is 0 Å². The summed E-state index contributed by atoms with van der Waals surface area (Å²) in [5.74, 6) is -0.484. The number of aliphatic hydroxyl groups is 1. The Morgan fingerprint density at radius 1 is 1.53 bits per heavy atom. The van der Waals surface area contributed by atoms with Gasteiger partial charge in [-0.05, 0) is 31.1 Å². The molecule has 4 heteroatoms. The van der Waals surface area contributed by atoms with Crippen LogP contribution in [0.3, 0.4) is 0 Å². The van der Waals surface area contributed by atoms with Crippen molar-refractivity contribution in [3.63, 3.8) is 0 Å². The second-order valence-electron chi connectivity index (χ2n) is 5.09. The minimum Gasteiger partial charge on any atom is -0.461 e. The first kappa shape index (κ1) is 12.5. The van der Waals surface area contributed by atoms with Gasteiger partial charge < -0.3 is 15.6 Å². The Bertz CT molecular complexity index is 218. The van der Waals surface area contributed by atoms with E-state index in [4.69, 9.17) is 15.6 Å². The van der Waals surface area contributed by atoms with Gasteiger partial charge in [0, 0.05) is 0 Å². The Hall–Kier alpha value is -0.610. The van der Waals surface area contributed by atoms with E-state index >= 15 is 0 Å². The van der Waals surface area contributed by atoms with Crippen molar-refractivity contribution in [3.05, 3.63) is 0 Å². The average Bonchev–Trinajstić information content (AvgIpc) is 2.20. The molecule has 0 aromatic heterocycles. The fourth-order valence-corrected chi connectivity index (χ4v) is 1.82. The molecule has 0 radical (unpaired) electrons. The lowest BCUT2D eigenvalue weighted by molar-refractivity contribution is -0.154. The first-order chi connectivity index (χ1) is 6.94. The maximum atomic E-state index is 11.3. The van der Waals surface area contributed by atoms with Crippen LogP contribution in [0.15, 0.2) is 0 Å². The normalized spacial score (nSPS) is 23.5. The number of aliphatic hydroxyl groups excluding tert-OH is 1. The number of nitrogens with two attached hydrogens (primary N) is 1. The van der Waals surface area contributed by atoms with Crippen molar-refractivity contribution in [2.75, 3.05) is 6.61 Å². The van der Waals surface area contributed by atoms with Gasteiger partial charge in [0.25, 0.3) is 0 Å². The highest BCUT2D eigenvalue weighted by molar-refractivity contribution is 5.75. The molecule has 0 bridgehead atoms. The van der Waals surface area contributed by atoms with E-state index in [-0.39, 0.29) is 12.7 Å². The Morgan fingerprint density at radius 3 is 2.53 bits per heavy atom. The highest BCUT2D eigenvalue weighted by atomic mass is 16.5. The molecule has 1 atom stereocenters. The molecule has 0 amide bonds. The predicted molar refractivity (Wildman–Crippen MR) is 57.2 cm³/mol. The molecule has 1 aliphatic rings. The van der Waals surface area contributed by atoms with Crippen LogP contribution in [0.2, 0.25) is 0 Å². The van der Waals surface area contributed by atoms with Crippen molar-refractivity contribution >= 4 is 5.97 Å². The number of hydrogen-bond acceptors (Lipinski definition) is 4. The van der Waals surface area contributed by atoms with Crippen LogP contribution in [-0.4, -0.2) is 29.8 Å². The van der Waals surface area contributed by atoms with E-state index < -0.39 is 12.0 Å². The van der Waals surface area contributed by atoms with E-state index in [2.05, 4.69) is 13.8 Å². The predicted octanol–water partition coefficient (Wildman–Crippen LogP) is 0.818. The minimum absolute atomic E-state index is 0.0110. The minimum atomic E-state index is -0.889. The third kappa shape index (κ3) is 3.80. The zero-order valence-electron chi connectivity index (χ0n) is 9.53. The molecule has 0 saturated heterocycles. The van der Waals surface area contributed by atoms with Crippen molar-refractivity contribution < 1.29 is 14.6 Å². The fourth-order valence-electron chi connectivity index (χ4n) is 1.82. The number of hydrogen-bond donors (Lipinski definition) is 2. The van der Waals surface area contributed by atoms with Gasteiger partial charge in [-0.2, -0.15) is 0 Å². The molecule has 4 nitrogen and oxygen atoms in total. The number of ether oxygens (including phenoxy) is 1. The maximum absolute atomic E-state index is 11.3. The molecule has 1 saturated carbocycles. The summed E-state index contributed by atoms with van der Waals surface area (Å²) in [6, 6.07) is -0.889. The van der Waals surface area contributed by atoms with Gasteiger partial charge in [0.15, 0.2) is 0 Å². The molecule has 0 aromatic carbocycles. The van der Waals surface area contributed by atoms with Crippen molar-refractivity contribution in [2.24, 2.45) is 11.1 Å². The van der Waals surface area contributed by atoms with E-state index in [1.165, 1.54) is 0 Å². The van der Waals surface area contributed by atoms with Crippen molar-refractivity contribution in [1.82, 2.24) is 0 Å². The summed E-state index contributed by atoms with van der Waals surface area (Å²) in [7, 11) is 0. The van der Waals surface area contributed by atoms with Gasteiger partial charge in [0.2, 0.25) is 0 Å². The fraction of sp³-hybridized carbons (Fsp3) is 0.909. The molecule has 1 fully saturated rings. The molecule has 0 aromatic rings. The summed E-state index contributed by atoms with van der Waals surface area (Å²) in [5, 5.41) is 8.69. The van der Waals surface area contributed by atoms with Crippen LogP contribution < -0.4 is 5.73 Å². The molecule has 0 aliphatic heterocycles. The Labute approximate surface area is 90.8 Å². The molecule has 1 aliphatic carbocycles. The highest BCUT2D eigenvalue weighted by Crippen LogP contribution is 2.36.